The normalized spacial score (nSPS) is 27.8. The van der Waals surface area contributed by atoms with Crippen LogP contribution in [0.15, 0.2) is 0 Å². The van der Waals surface area contributed by atoms with Crippen LogP contribution in [0.25, 0.3) is 0 Å². The van der Waals surface area contributed by atoms with E-state index in [0.717, 1.165) is 25.9 Å². The Labute approximate surface area is 134 Å². The van der Waals surface area contributed by atoms with Crippen LogP contribution in [0, 0.1) is 5.92 Å². The summed E-state index contributed by atoms with van der Waals surface area (Å²) in [5.74, 6) is 0.576. The molecular weight excluding hydrogens is 278 g/mol. The summed E-state index contributed by atoms with van der Waals surface area (Å²) in [6, 6.07) is 0.497. The van der Waals surface area contributed by atoms with Gasteiger partial charge in [0.2, 0.25) is 0 Å². The molecule has 5 nitrogen and oxygen atoms in total. The fourth-order valence-electron chi connectivity index (χ4n) is 3.55. The first-order valence-corrected chi connectivity index (χ1v) is 8.78. The highest BCUT2D eigenvalue weighted by atomic mass is 16.6. The van der Waals surface area contributed by atoms with Crippen molar-refractivity contribution in [3.63, 3.8) is 0 Å². The van der Waals surface area contributed by atoms with E-state index >= 15 is 0 Å². The molecule has 22 heavy (non-hydrogen) atoms. The molecule has 2 aliphatic rings. The lowest BCUT2D eigenvalue weighted by Gasteiger charge is -2.44. The van der Waals surface area contributed by atoms with Gasteiger partial charge in [0.25, 0.3) is 0 Å². The zero-order valence-electron chi connectivity index (χ0n) is 14.4. The summed E-state index contributed by atoms with van der Waals surface area (Å²) in [5, 5.41) is 6.79. The van der Waals surface area contributed by atoms with E-state index in [0.29, 0.717) is 12.0 Å². The van der Waals surface area contributed by atoms with Crippen LogP contribution in [0.4, 0.5) is 4.79 Å². The van der Waals surface area contributed by atoms with Gasteiger partial charge in [-0.3, -0.25) is 0 Å². The van der Waals surface area contributed by atoms with E-state index in [-0.39, 0.29) is 11.6 Å². The molecule has 5 heteroatoms. The van der Waals surface area contributed by atoms with Crippen LogP contribution in [0.5, 0.6) is 0 Å². The van der Waals surface area contributed by atoms with Crippen molar-refractivity contribution in [2.45, 2.75) is 82.9 Å². The van der Waals surface area contributed by atoms with Crippen LogP contribution in [0.1, 0.15) is 65.7 Å². The molecule has 2 unspecified atom stereocenters. The Balaban J connectivity index is 1.84. The largest absolute Gasteiger partial charge is 0.444 e. The molecule has 2 atom stereocenters. The lowest BCUT2D eigenvalue weighted by Crippen LogP contribution is -2.61. The van der Waals surface area contributed by atoms with Gasteiger partial charge in [0.1, 0.15) is 5.60 Å². The highest BCUT2D eigenvalue weighted by Crippen LogP contribution is 2.32. The van der Waals surface area contributed by atoms with E-state index in [1.807, 2.05) is 20.8 Å². The van der Waals surface area contributed by atoms with Crippen LogP contribution in [-0.4, -0.2) is 36.4 Å². The zero-order valence-corrected chi connectivity index (χ0v) is 14.4. The standard InChI is InChI=1S/C17H33N3O2/c1-16(2,3)22-15(21)20-17(9-6-10-17)12-19-14-8-5-4-7-13(14)11-18/h13-14,19H,4-12,18H2,1-3H3,(H,20,21). The van der Waals surface area contributed by atoms with Crippen molar-refractivity contribution in [2.24, 2.45) is 11.7 Å². The second-order valence-electron chi connectivity index (χ2n) is 8.03. The summed E-state index contributed by atoms with van der Waals surface area (Å²) in [4.78, 5) is 12.1. The van der Waals surface area contributed by atoms with Crippen molar-refractivity contribution >= 4 is 6.09 Å². The lowest BCUT2D eigenvalue weighted by molar-refractivity contribution is 0.0373. The Morgan fingerprint density at radius 1 is 1.23 bits per heavy atom. The van der Waals surface area contributed by atoms with Gasteiger partial charge in [0, 0.05) is 12.6 Å². The number of carbonyl (C=O) groups excluding carboxylic acids is 1. The third kappa shape index (κ3) is 4.85. The van der Waals surface area contributed by atoms with Gasteiger partial charge in [-0.05, 0) is 65.3 Å². The summed E-state index contributed by atoms with van der Waals surface area (Å²) in [5.41, 5.74) is 5.33. The molecule has 0 aromatic heterocycles. The molecule has 0 aliphatic heterocycles. The summed E-state index contributed by atoms with van der Waals surface area (Å²) >= 11 is 0. The predicted molar refractivity (Wildman–Crippen MR) is 88.8 cm³/mol. The first-order chi connectivity index (χ1) is 10.3. The number of ether oxygens (including phenoxy) is 1. The Bertz CT molecular complexity index is 375. The average Bonchev–Trinajstić information content (AvgIpc) is 2.40. The van der Waals surface area contributed by atoms with Gasteiger partial charge in [-0.1, -0.05) is 12.8 Å². The van der Waals surface area contributed by atoms with E-state index in [1.165, 1.54) is 32.1 Å². The maximum absolute atomic E-state index is 12.1. The van der Waals surface area contributed by atoms with Gasteiger partial charge in [-0.15, -0.1) is 0 Å². The van der Waals surface area contributed by atoms with E-state index in [1.54, 1.807) is 0 Å². The first-order valence-electron chi connectivity index (χ1n) is 8.78. The molecule has 1 amide bonds. The average molecular weight is 311 g/mol. The minimum absolute atomic E-state index is 0.126. The van der Waals surface area contributed by atoms with Crippen molar-refractivity contribution in [3.05, 3.63) is 0 Å². The fraction of sp³-hybridized carbons (Fsp3) is 0.941. The molecule has 0 bridgehead atoms. The minimum Gasteiger partial charge on any atom is -0.444 e. The first kappa shape index (κ1) is 17.5. The molecule has 0 aromatic rings. The number of nitrogens with one attached hydrogen (secondary N) is 2. The third-order valence-electron chi connectivity index (χ3n) is 4.99. The highest BCUT2D eigenvalue weighted by Gasteiger charge is 2.40. The van der Waals surface area contributed by atoms with E-state index in [2.05, 4.69) is 10.6 Å². The Kier molecular flexibility index (Phi) is 5.72. The number of nitrogens with two attached hydrogens (primary N) is 1. The van der Waals surface area contributed by atoms with Gasteiger partial charge in [-0.25, -0.2) is 4.79 Å². The smallest absolute Gasteiger partial charge is 0.408 e. The number of hydrogen-bond acceptors (Lipinski definition) is 4. The van der Waals surface area contributed by atoms with Crippen molar-refractivity contribution in [3.8, 4) is 0 Å². The summed E-state index contributed by atoms with van der Waals surface area (Å²) < 4.78 is 5.41. The maximum atomic E-state index is 12.1. The number of alkyl carbamates (subject to hydrolysis) is 1. The van der Waals surface area contributed by atoms with E-state index < -0.39 is 5.60 Å². The summed E-state index contributed by atoms with van der Waals surface area (Å²) in [6.07, 6.45) is 7.92. The number of amides is 1. The fourth-order valence-corrected chi connectivity index (χ4v) is 3.55. The Morgan fingerprint density at radius 3 is 2.45 bits per heavy atom. The molecule has 4 N–H and O–H groups in total. The van der Waals surface area contributed by atoms with E-state index in [9.17, 15) is 4.79 Å². The Morgan fingerprint density at radius 2 is 1.91 bits per heavy atom. The van der Waals surface area contributed by atoms with Gasteiger partial charge >= 0.3 is 6.09 Å². The molecule has 2 aliphatic carbocycles. The quantitative estimate of drug-likeness (QED) is 0.729. The zero-order chi connectivity index (χ0) is 16.2. The molecule has 0 radical (unpaired) electrons. The van der Waals surface area contributed by atoms with Crippen LogP contribution < -0.4 is 16.4 Å². The van der Waals surface area contributed by atoms with Gasteiger partial charge < -0.3 is 21.1 Å². The lowest BCUT2D eigenvalue weighted by atomic mass is 9.76. The SMILES string of the molecule is CC(C)(C)OC(=O)NC1(CNC2CCCCC2CN)CCC1. The molecule has 128 valence electrons. The van der Waals surface area contributed by atoms with Gasteiger partial charge in [0.05, 0.1) is 5.54 Å². The van der Waals surface area contributed by atoms with Gasteiger partial charge in [0.15, 0.2) is 0 Å². The molecule has 0 heterocycles. The summed E-state index contributed by atoms with van der Waals surface area (Å²) in [7, 11) is 0. The monoisotopic (exact) mass is 311 g/mol. The number of hydrogen-bond donors (Lipinski definition) is 3. The second-order valence-corrected chi connectivity index (χ2v) is 8.03. The molecular formula is C17H33N3O2. The van der Waals surface area contributed by atoms with E-state index in [4.69, 9.17) is 10.5 Å². The van der Waals surface area contributed by atoms with Crippen molar-refractivity contribution in [2.75, 3.05) is 13.1 Å². The van der Waals surface area contributed by atoms with Crippen molar-refractivity contribution in [1.29, 1.82) is 0 Å². The third-order valence-corrected chi connectivity index (χ3v) is 4.99. The molecule has 2 fully saturated rings. The molecule has 0 saturated heterocycles. The van der Waals surface area contributed by atoms with Crippen molar-refractivity contribution in [1.82, 2.24) is 10.6 Å². The van der Waals surface area contributed by atoms with Crippen LogP contribution in [-0.2, 0) is 4.74 Å². The molecule has 0 aromatic carbocycles. The Hall–Kier alpha value is -0.810. The molecule has 2 rings (SSSR count). The molecule has 0 spiro atoms. The van der Waals surface area contributed by atoms with Crippen LogP contribution >= 0.6 is 0 Å². The predicted octanol–water partition coefficient (Wildman–Crippen LogP) is 2.54. The number of rotatable bonds is 5. The second kappa shape index (κ2) is 7.18. The summed E-state index contributed by atoms with van der Waals surface area (Å²) in [6.45, 7) is 7.27. The van der Waals surface area contributed by atoms with Crippen molar-refractivity contribution < 1.29 is 9.53 Å². The molecule has 2 saturated carbocycles. The topological polar surface area (TPSA) is 76.4 Å². The van der Waals surface area contributed by atoms with Gasteiger partial charge in [-0.2, -0.15) is 0 Å². The number of carbonyl (C=O) groups is 1. The highest BCUT2D eigenvalue weighted by molar-refractivity contribution is 5.69. The minimum atomic E-state index is -0.448. The maximum Gasteiger partial charge on any atom is 0.408 e. The van der Waals surface area contributed by atoms with Crippen LogP contribution in [0.3, 0.4) is 0 Å². The van der Waals surface area contributed by atoms with Crippen LogP contribution in [0.2, 0.25) is 0 Å².